The summed E-state index contributed by atoms with van der Waals surface area (Å²) in [4.78, 5) is 12.7. The fourth-order valence-electron chi connectivity index (χ4n) is 2.30. The molecule has 3 N–H and O–H groups in total. The van der Waals surface area contributed by atoms with E-state index in [4.69, 9.17) is 10.5 Å². The number of benzene rings is 1. The molecule has 1 unspecified atom stereocenters. The zero-order valence-electron chi connectivity index (χ0n) is 12.1. The van der Waals surface area contributed by atoms with Gasteiger partial charge in [-0.3, -0.25) is 4.79 Å². The molecular weight excluding hydrogens is 291 g/mol. The third-order valence-electron chi connectivity index (χ3n) is 3.25. The van der Waals surface area contributed by atoms with E-state index in [9.17, 15) is 9.18 Å². The first kappa shape index (κ1) is 15.7. The largest absolute Gasteiger partial charge is 0.397 e. The molecule has 0 bridgehead atoms. The van der Waals surface area contributed by atoms with Crippen molar-refractivity contribution >= 4 is 33.0 Å². The van der Waals surface area contributed by atoms with E-state index >= 15 is 0 Å². The lowest BCUT2D eigenvalue weighted by atomic mass is 10.1. The van der Waals surface area contributed by atoms with Crippen LogP contribution in [-0.4, -0.2) is 25.7 Å². The zero-order chi connectivity index (χ0) is 15.4. The molecule has 0 aliphatic rings. The molecule has 21 heavy (non-hydrogen) atoms. The Hall–Kier alpha value is -1.66. The predicted octanol–water partition coefficient (Wildman–Crippen LogP) is 3.17. The Bertz CT molecular complexity index is 636. The van der Waals surface area contributed by atoms with Crippen LogP contribution in [-0.2, 0) is 4.74 Å². The average molecular weight is 310 g/mol. The molecular formula is C15H19FN2O2S. The molecule has 0 radical (unpaired) electrons. The van der Waals surface area contributed by atoms with Crippen LogP contribution in [0, 0.1) is 5.82 Å². The summed E-state index contributed by atoms with van der Waals surface area (Å²) in [5.74, 6) is -0.675. The quantitative estimate of drug-likeness (QED) is 0.861. The van der Waals surface area contributed by atoms with Crippen molar-refractivity contribution in [2.24, 2.45) is 0 Å². The van der Waals surface area contributed by atoms with E-state index in [0.717, 1.165) is 12.8 Å². The molecule has 0 fully saturated rings. The minimum absolute atomic E-state index is 0.0676. The molecule has 114 valence electrons. The van der Waals surface area contributed by atoms with Gasteiger partial charge in [0.2, 0.25) is 0 Å². The van der Waals surface area contributed by atoms with Crippen LogP contribution >= 0.6 is 11.3 Å². The zero-order valence-corrected chi connectivity index (χ0v) is 12.9. The minimum Gasteiger partial charge on any atom is -0.397 e. The normalized spacial score (nSPS) is 12.5. The van der Waals surface area contributed by atoms with Crippen molar-refractivity contribution in [1.82, 2.24) is 5.32 Å². The molecule has 0 spiro atoms. The van der Waals surface area contributed by atoms with Gasteiger partial charge in [0.25, 0.3) is 5.91 Å². The van der Waals surface area contributed by atoms with Gasteiger partial charge in [0.15, 0.2) is 0 Å². The highest BCUT2D eigenvalue weighted by Gasteiger charge is 2.20. The Morgan fingerprint density at radius 3 is 2.90 bits per heavy atom. The van der Waals surface area contributed by atoms with Gasteiger partial charge in [-0.2, -0.15) is 0 Å². The lowest BCUT2D eigenvalue weighted by Crippen LogP contribution is -2.37. The standard InChI is InChI=1S/C15H19FN2O2S/c1-3-5-9(8-20-2)18-15(19)14-13(17)12-10(16)6-4-7-11(12)21-14/h4,6-7,9H,3,5,8,17H2,1-2H3,(H,18,19). The van der Waals surface area contributed by atoms with Gasteiger partial charge in [-0.25, -0.2) is 4.39 Å². The number of hydrogen-bond donors (Lipinski definition) is 2. The number of methoxy groups -OCH3 is 1. The molecule has 2 rings (SSSR count). The van der Waals surface area contributed by atoms with Crippen molar-refractivity contribution in [3.8, 4) is 0 Å². The summed E-state index contributed by atoms with van der Waals surface area (Å²) >= 11 is 1.21. The maximum atomic E-state index is 13.8. The smallest absolute Gasteiger partial charge is 0.263 e. The molecule has 0 aliphatic heterocycles. The summed E-state index contributed by atoms with van der Waals surface area (Å²) < 4.78 is 19.6. The number of fused-ring (bicyclic) bond motifs is 1. The van der Waals surface area contributed by atoms with Crippen molar-refractivity contribution in [1.29, 1.82) is 0 Å². The van der Waals surface area contributed by atoms with Gasteiger partial charge in [0.1, 0.15) is 10.7 Å². The number of rotatable bonds is 6. The number of anilines is 1. The first-order valence-corrected chi connectivity index (χ1v) is 7.66. The molecule has 2 aromatic rings. The summed E-state index contributed by atoms with van der Waals surface area (Å²) in [5, 5.41) is 3.23. The minimum atomic E-state index is -0.401. The number of carbonyl (C=O) groups is 1. The number of nitrogens with one attached hydrogen (secondary N) is 1. The fraction of sp³-hybridized carbons (Fsp3) is 0.400. The number of nitrogen functional groups attached to an aromatic ring is 1. The number of halogens is 1. The Morgan fingerprint density at radius 2 is 2.29 bits per heavy atom. The second-order valence-corrected chi connectivity index (χ2v) is 5.92. The second-order valence-electron chi connectivity index (χ2n) is 4.87. The van der Waals surface area contributed by atoms with Crippen LogP contribution in [0.25, 0.3) is 10.1 Å². The van der Waals surface area contributed by atoms with E-state index in [-0.39, 0.29) is 17.6 Å². The molecule has 1 aromatic heterocycles. The van der Waals surface area contributed by atoms with E-state index in [0.29, 0.717) is 21.6 Å². The average Bonchev–Trinajstić information content (AvgIpc) is 2.78. The van der Waals surface area contributed by atoms with Crippen LogP contribution in [0.2, 0.25) is 0 Å². The van der Waals surface area contributed by atoms with Crippen molar-refractivity contribution in [2.45, 2.75) is 25.8 Å². The summed E-state index contributed by atoms with van der Waals surface area (Å²) in [6.07, 6.45) is 1.75. The fourth-order valence-corrected chi connectivity index (χ4v) is 3.34. The van der Waals surface area contributed by atoms with Gasteiger partial charge in [-0.15, -0.1) is 11.3 Å². The van der Waals surface area contributed by atoms with Gasteiger partial charge < -0.3 is 15.8 Å². The molecule has 1 heterocycles. The highest BCUT2D eigenvalue weighted by Crippen LogP contribution is 2.35. The first-order chi connectivity index (χ1) is 10.1. The van der Waals surface area contributed by atoms with E-state index in [1.165, 1.54) is 17.4 Å². The van der Waals surface area contributed by atoms with Crippen LogP contribution in [0.3, 0.4) is 0 Å². The molecule has 1 amide bonds. The van der Waals surface area contributed by atoms with Crippen molar-refractivity contribution in [3.05, 3.63) is 28.9 Å². The number of ether oxygens (including phenoxy) is 1. The second kappa shape index (κ2) is 6.87. The van der Waals surface area contributed by atoms with Gasteiger partial charge in [0, 0.05) is 11.8 Å². The monoisotopic (exact) mass is 310 g/mol. The van der Waals surface area contributed by atoms with Crippen LogP contribution in [0.4, 0.5) is 10.1 Å². The van der Waals surface area contributed by atoms with Crippen molar-refractivity contribution < 1.29 is 13.9 Å². The topological polar surface area (TPSA) is 64.3 Å². The van der Waals surface area contributed by atoms with E-state index in [1.54, 1.807) is 19.2 Å². The molecule has 0 saturated heterocycles. The van der Waals surface area contributed by atoms with Gasteiger partial charge in [-0.05, 0) is 18.6 Å². The molecule has 1 aromatic carbocycles. The molecule has 0 aliphatic carbocycles. The Kier molecular flexibility index (Phi) is 5.14. The maximum absolute atomic E-state index is 13.8. The summed E-state index contributed by atoms with van der Waals surface area (Å²) in [6, 6.07) is 4.65. The molecule has 0 saturated carbocycles. The van der Waals surface area contributed by atoms with Crippen LogP contribution in [0.5, 0.6) is 0 Å². The summed E-state index contributed by atoms with van der Waals surface area (Å²) in [5.41, 5.74) is 6.15. The molecule has 4 nitrogen and oxygen atoms in total. The van der Waals surface area contributed by atoms with Gasteiger partial charge in [-0.1, -0.05) is 19.4 Å². The SMILES string of the molecule is CCCC(COC)NC(=O)c1sc2cccc(F)c2c1N. The maximum Gasteiger partial charge on any atom is 0.263 e. The highest BCUT2D eigenvalue weighted by atomic mass is 32.1. The number of carbonyl (C=O) groups excluding carboxylic acids is 1. The van der Waals surface area contributed by atoms with Gasteiger partial charge >= 0.3 is 0 Å². The van der Waals surface area contributed by atoms with Gasteiger partial charge in [0.05, 0.1) is 23.7 Å². The highest BCUT2D eigenvalue weighted by molar-refractivity contribution is 7.21. The number of nitrogens with two attached hydrogens (primary N) is 1. The van der Waals surface area contributed by atoms with E-state index < -0.39 is 5.82 Å². The lowest BCUT2D eigenvalue weighted by molar-refractivity contribution is 0.0896. The van der Waals surface area contributed by atoms with Crippen molar-refractivity contribution in [2.75, 3.05) is 19.5 Å². The first-order valence-electron chi connectivity index (χ1n) is 6.84. The van der Waals surface area contributed by atoms with Crippen LogP contribution in [0.15, 0.2) is 18.2 Å². The third kappa shape index (κ3) is 3.33. The summed E-state index contributed by atoms with van der Waals surface area (Å²) in [6.45, 7) is 2.48. The Balaban J connectivity index is 2.27. The van der Waals surface area contributed by atoms with Crippen LogP contribution < -0.4 is 11.1 Å². The number of hydrogen-bond acceptors (Lipinski definition) is 4. The van der Waals surface area contributed by atoms with E-state index in [1.807, 2.05) is 6.92 Å². The van der Waals surface area contributed by atoms with Crippen molar-refractivity contribution in [3.63, 3.8) is 0 Å². The summed E-state index contributed by atoms with van der Waals surface area (Å²) in [7, 11) is 1.60. The third-order valence-corrected chi connectivity index (χ3v) is 4.42. The Morgan fingerprint density at radius 1 is 1.52 bits per heavy atom. The van der Waals surface area contributed by atoms with Crippen LogP contribution in [0.1, 0.15) is 29.4 Å². The lowest BCUT2D eigenvalue weighted by Gasteiger charge is -2.16. The van der Waals surface area contributed by atoms with E-state index in [2.05, 4.69) is 5.32 Å². The molecule has 1 atom stereocenters. The predicted molar refractivity (Wildman–Crippen MR) is 84.2 cm³/mol. The molecule has 6 heteroatoms. The number of amides is 1. The number of thiophene rings is 1. The Labute approximate surface area is 127 Å².